The number of carbonyl (C=O) groups excluding carboxylic acids is 1. The molecule has 0 radical (unpaired) electrons. The molecule has 1 aromatic rings. The highest BCUT2D eigenvalue weighted by Crippen LogP contribution is 2.56. The van der Waals surface area contributed by atoms with Gasteiger partial charge in [0, 0.05) is 0 Å². The van der Waals surface area contributed by atoms with Crippen LogP contribution >= 0.6 is 0 Å². The number of nitrogens with one attached hydrogen (secondary N) is 1. The molecule has 0 heterocycles. The molecule has 22 heteroatoms. The minimum absolute atomic E-state index is 0.573. The quantitative estimate of drug-likeness (QED) is 0.329. The molecule has 220 valence electrons. The topological polar surface area (TPSA) is 56.8 Å². The molecule has 5 nitrogen and oxygen atoms in total. The van der Waals surface area contributed by atoms with Crippen LogP contribution in [0.15, 0.2) is 24.3 Å². The molecule has 0 bridgehead atoms. The van der Waals surface area contributed by atoms with Crippen LogP contribution in [0.1, 0.15) is 0 Å². The number of anilines is 1. The first kappa shape index (κ1) is 33.2. The number of ether oxygens (including phenoxy) is 3. The zero-order valence-electron chi connectivity index (χ0n) is 17.4. The lowest BCUT2D eigenvalue weighted by Gasteiger charge is -2.40. The van der Waals surface area contributed by atoms with Gasteiger partial charge in [0.25, 0.3) is 5.91 Å². The Bertz CT molecular complexity index is 1000. The standard InChI is InChI=1S/C16H8F17NO4/c1-36-7-5-3-2-4-6(7)34-8(35)9(17,12(21,22)23)37-16(32,33)11(20,14(27,28)29)38-15(30,31)10(18,19)13(24,25)26/h2-5H,1H3,(H,34,35)/t9-,11+/m1/s1. The Morgan fingerprint density at radius 2 is 1.13 bits per heavy atom. The molecule has 0 spiro atoms. The molecule has 0 unspecified atom stereocenters. The zero-order chi connectivity index (χ0) is 30.4. The average Bonchev–Trinajstić information content (AvgIpc) is 2.70. The normalized spacial score (nSPS) is 17.4. The fraction of sp³-hybridized carbons (Fsp3) is 0.562. The Hall–Kier alpha value is -2.78. The summed E-state index contributed by atoms with van der Waals surface area (Å²) in [6, 6.07) is 3.32. The molecule has 0 aliphatic carbocycles. The predicted molar refractivity (Wildman–Crippen MR) is 84.5 cm³/mol. The van der Waals surface area contributed by atoms with Gasteiger partial charge in [0.05, 0.1) is 12.8 Å². The molecule has 0 fully saturated rings. The molecule has 1 rings (SSSR count). The van der Waals surface area contributed by atoms with E-state index in [0.29, 0.717) is 6.07 Å². The lowest BCUT2D eigenvalue weighted by atomic mass is 10.2. The summed E-state index contributed by atoms with van der Waals surface area (Å²) in [7, 11) is 0.775. The second-order valence-electron chi connectivity index (χ2n) is 6.65. The Kier molecular flexibility index (Phi) is 8.54. The summed E-state index contributed by atoms with van der Waals surface area (Å²) >= 11 is 0. The fourth-order valence-electron chi connectivity index (χ4n) is 2.11. The van der Waals surface area contributed by atoms with E-state index < -0.39 is 65.7 Å². The Morgan fingerprint density at radius 3 is 1.53 bits per heavy atom. The number of para-hydroxylation sites is 2. The van der Waals surface area contributed by atoms with Gasteiger partial charge >= 0.3 is 48.4 Å². The molecular weight excluding hydrogens is 593 g/mol. The zero-order valence-corrected chi connectivity index (χ0v) is 17.4. The van der Waals surface area contributed by atoms with Crippen LogP contribution in [0, 0.1) is 0 Å². The first-order chi connectivity index (χ1) is 16.6. The number of hydrogen-bond donors (Lipinski definition) is 1. The molecule has 0 aliphatic heterocycles. The van der Waals surface area contributed by atoms with Gasteiger partial charge in [0.15, 0.2) is 0 Å². The van der Waals surface area contributed by atoms with Crippen molar-refractivity contribution in [1.29, 1.82) is 0 Å². The third-order valence-corrected chi connectivity index (χ3v) is 4.01. The highest BCUT2D eigenvalue weighted by molar-refractivity contribution is 5.98. The number of benzene rings is 1. The summed E-state index contributed by atoms with van der Waals surface area (Å²) in [5, 5.41) is 0.835. The van der Waals surface area contributed by atoms with Crippen molar-refractivity contribution in [2.45, 2.75) is 48.4 Å². The van der Waals surface area contributed by atoms with E-state index in [4.69, 9.17) is 0 Å². The highest BCUT2D eigenvalue weighted by Gasteiger charge is 2.85. The van der Waals surface area contributed by atoms with Crippen LogP contribution in [0.2, 0.25) is 0 Å². The summed E-state index contributed by atoms with van der Waals surface area (Å²) in [6.07, 6.45) is -38.7. The maximum atomic E-state index is 14.5. The van der Waals surface area contributed by atoms with Crippen LogP contribution in [0.5, 0.6) is 5.75 Å². The Balaban J connectivity index is 3.66. The molecule has 0 aromatic heterocycles. The SMILES string of the molecule is COc1ccccc1NC(=O)[C@@](F)(OC(F)(F)[C@@](F)(OC(F)(F)C(F)(F)C(F)(F)F)C(F)(F)F)C(F)(F)F. The van der Waals surface area contributed by atoms with E-state index in [1.807, 2.05) is 4.74 Å². The van der Waals surface area contributed by atoms with Gasteiger partial charge < -0.3 is 10.1 Å². The van der Waals surface area contributed by atoms with E-state index in [0.717, 1.165) is 30.6 Å². The number of carbonyl (C=O) groups is 1. The minimum Gasteiger partial charge on any atom is -0.495 e. The first-order valence-electron chi connectivity index (χ1n) is 8.67. The minimum atomic E-state index is -8.08. The van der Waals surface area contributed by atoms with Gasteiger partial charge in [-0.05, 0) is 12.1 Å². The van der Waals surface area contributed by atoms with Crippen LogP contribution in [0.4, 0.5) is 80.3 Å². The van der Waals surface area contributed by atoms with Crippen molar-refractivity contribution < 1.29 is 93.6 Å². The van der Waals surface area contributed by atoms with Crippen LogP contribution in [-0.4, -0.2) is 61.4 Å². The van der Waals surface area contributed by atoms with Crippen molar-refractivity contribution >= 4 is 11.6 Å². The lowest BCUT2D eigenvalue weighted by Crippen LogP contribution is -2.68. The van der Waals surface area contributed by atoms with Crippen molar-refractivity contribution in [2.75, 3.05) is 12.4 Å². The van der Waals surface area contributed by atoms with E-state index in [9.17, 15) is 79.4 Å². The van der Waals surface area contributed by atoms with E-state index in [1.165, 1.54) is 4.74 Å². The summed E-state index contributed by atoms with van der Waals surface area (Å²) in [6.45, 7) is 0. The third-order valence-electron chi connectivity index (χ3n) is 4.01. The van der Waals surface area contributed by atoms with Crippen LogP contribution < -0.4 is 10.1 Å². The van der Waals surface area contributed by atoms with E-state index in [1.54, 1.807) is 0 Å². The van der Waals surface area contributed by atoms with Gasteiger partial charge in [0.1, 0.15) is 5.75 Å². The lowest BCUT2D eigenvalue weighted by molar-refractivity contribution is -0.548. The third kappa shape index (κ3) is 5.78. The van der Waals surface area contributed by atoms with Gasteiger partial charge in [-0.15, -0.1) is 0 Å². The maximum absolute atomic E-state index is 14.5. The monoisotopic (exact) mass is 601 g/mol. The summed E-state index contributed by atoms with van der Waals surface area (Å²) in [5.41, 5.74) is -1.03. The highest BCUT2D eigenvalue weighted by atomic mass is 19.4. The number of hydrogen-bond acceptors (Lipinski definition) is 4. The molecule has 0 saturated heterocycles. The molecule has 38 heavy (non-hydrogen) atoms. The number of alkyl halides is 17. The van der Waals surface area contributed by atoms with Crippen molar-refractivity contribution in [1.82, 2.24) is 0 Å². The van der Waals surface area contributed by atoms with Crippen LogP contribution in [0.25, 0.3) is 0 Å². The Labute approximate surface area is 197 Å². The van der Waals surface area contributed by atoms with Crippen molar-refractivity contribution in [3.63, 3.8) is 0 Å². The maximum Gasteiger partial charge on any atom is 0.462 e. The van der Waals surface area contributed by atoms with E-state index in [-0.39, 0.29) is 0 Å². The van der Waals surface area contributed by atoms with Gasteiger partial charge in [-0.1, -0.05) is 12.1 Å². The smallest absolute Gasteiger partial charge is 0.462 e. The molecule has 1 N–H and O–H groups in total. The Morgan fingerprint density at radius 1 is 0.658 bits per heavy atom. The second-order valence-corrected chi connectivity index (χ2v) is 6.65. The number of rotatable bonds is 9. The van der Waals surface area contributed by atoms with Gasteiger partial charge in [0.2, 0.25) is 0 Å². The van der Waals surface area contributed by atoms with E-state index in [2.05, 4.69) is 4.74 Å². The van der Waals surface area contributed by atoms with E-state index >= 15 is 0 Å². The number of halogens is 17. The predicted octanol–water partition coefficient (Wildman–Crippen LogP) is 6.51. The summed E-state index contributed by atoms with van der Waals surface area (Å²) in [4.78, 5) is 11.8. The summed E-state index contributed by atoms with van der Waals surface area (Å²) in [5.74, 6) is -27.0. The van der Waals surface area contributed by atoms with Crippen LogP contribution in [-0.2, 0) is 14.3 Å². The first-order valence-corrected chi connectivity index (χ1v) is 8.67. The molecule has 0 aliphatic rings. The second kappa shape index (κ2) is 9.75. The fourth-order valence-corrected chi connectivity index (χ4v) is 2.11. The van der Waals surface area contributed by atoms with Crippen LogP contribution in [0.3, 0.4) is 0 Å². The van der Waals surface area contributed by atoms with Gasteiger partial charge in [-0.3, -0.25) is 14.3 Å². The van der Waals surface area contributed by atoms with Gasteiger partial charge in [-0.2, -0.15) is 74.6 Å². The number of methoxy groups -OCH3 is 1. The average molecular weight is 601 g/mol. The molecular formula is C16H8F17NO4. The van der Waals surface area contributed by atoms with Crippen molar-refractivity contribution in [3.05, 3.63) is 24.3 Å². The molecule has 1 aromatic carbocycles. The summed E-state index contributed by atoms with van der Waals surface area (Å²) < 4.78 is 231. The van der Waals surface area contributed by atoms with Crippen molar-refractivity contribution in [2.24, 2.45) is 0 Å². The molecule has 2 atom stereocenters. The number of amides is 1. The van der Waals surface area contributed by atoms with Gasteiger partial charge in [-0.25, -0.2) is 0 Å². The molecule has 0 saturated carbocycles. The molecule has 1 amide bonds. The largest absolute Gasteiger partial charge is 0.495 e. The van der Waals surface area contributed by atoms with Crippen molar-refractivity contribution in [3.8, 4) is 5.75 Å².